The van der Waals surface area contributed by atoms with Crippen molar-refractivity contribution in [3.05, 3.63) is 28.0 Å². The van der Waals surface area contributed by atoms with Gasteiger partial charge < -0.3 is 10.6 Å². The van der Waals surface area contributed by atoms with Crippen molar-refractivity contribution in [2.24, 2.45) is 0 Å². The van der Waals surface area contributed by atoms with Crippen molar-refractivity contribution in [2.45, 2.75) is 52.7 Å². The molecule has 2 aliphatic heterocycles. The van der Waals surface area contributed by atoms with Crippen LogP contribution >= 0.6 is 11.3 Å². The second-order valence-electron chi connectivity index (χ2n) is 7.97. The van der Waals surface area contributed by atoms with E-state index in [1.807, 2.05) is 10.7 Å². The molecule has 0 aromatic carbocycles. The van der Waals surface area contributed by atoms with Crippen LogP contribution in [0, 0.1) is 13.8 Å². The highest BCUT2D eigenvalue weighted by Crippen LogP contribution is 2.36. The van der Waals surface area contributed by atoms with Crippen LogP contribution in [0.1, 0.15) is 41.2 Å². The minimum absolute atomic E-state index is 0.599. The molecule has 1 saturated heterocycles. The topological polar surface area (TPSA) is 76.1 Å². The molecule has 1 fully saturated rings. The van der Waals surface area contributed by atoms with Gasteiger partial charge in [0.1, 0.15) is 22.3 Å². The molecular weight excluding hydrogens is 370 g/mol. The maximum atomic E-state index is 5.95. The molecule has 0 saturated carbocycles. The quantitative estimate of drug-likeness (QED) is 0.732. The Morgan fingerprint density at radius 3 is 2.71 bits per heavy atom. The number of rotatable bonds is 3. The van der Waals surface area contributed by atoms with Crippen molar-refractivity contribution in [1.82, 2.24) is 24.6 Å². The lowest BCUT2D eigenvalue weighted by Gasteiger charge is -2.23. The third-order valence-electron chi connectivity index (χ3n) is 5.95. The fraction of sp³-hybridized carbons (Fsp3) is 0.550. The van der Waals surface area contributed by atoms with Crippen LogP contribution in [0.2, 0.25) is 0 Å². The summed E-state index contributed by atoms with van der Waals surface area (Å²) in [5.74, 6) is 2.62. The monoisotopic (exact) mass is 397 g/mol. The SMILES string of the molecule is Cc1sc2nc(CN3CCCC3)nc(N3CCCn4nc(N)cc4C3)c2c1C. The fourth-order valence-corrected chi connectivity index (χ4v) is 5.42. The van der Waals surface area contributed by atoms with Gasteiger partial charge in [0, 0.05) is 24.0 Å². The Morgan fingerprint density at radius 2 is 1.89 bits per heavy atom. The number of hydrogen-bond donors (Lipinski definition) is 1. The first-order valence-corrected chi connectivity index (χ1v) is 11.0. The van der Waals surface area contributed by atoms with Gasteiger partial charge in [-0.1, -0.05) is 0 Å². The first kappa shape index (κ1) is 17.9. The van der Waals surface area contributed by atoms with Gasteiger partial charge in [0.2, 0.25) is 0 Å². The Kier molecular flexibility index (Phi) is 4.47. The zero-order valence-electron chi connectivity index (χ0n) is 16.6. The van der Waals surface area contributed by atoms with E-state index in [9.17, 15) is 0 Å². The van der Waals surface area contributed by atoms with Gasteiger partial charge in [-0.25, -0.2) is 9.97 Å². The van der Waals surface area contributed by atoms with Crippen LogP contribution in [0.5, 0.6) is 0 Å². The number of thiophene rings is 1. The van der Waals surface area contributed by atoms with Gasteiger partial charge in [-0.3, -0.25) is 9.58 Å². The minimum Gasteiger partial charge on any atom is -0.382 e. The van der Waals surface area contributed by atoms with Crippen molar-refractivity contribution in [3.8, 4) is 0 Å². The minimum atomic E-state index is 0.599. The van der Waals surface area contributed by atoms with Crippen LogP contribution in [0.3, 0.4) is 0 Å². The molecule has 0 aliphatic carbocycles. The van der Waals surface area contributed by atoms with Crippen LogP contribution in [0.15, 0.2) is 6.07 Å². The molecule has 3 aromatic heterocycles. The van der Waals surface area contributed by atoms with Crippen molar-refractivity contribution in [3.63, 3.8) is 0 Å². The molecule has 5 heterocycles. The fourth-order valence-electron chi connectivity index (χ4n) is 4.38. The van der Waals surface area contributed by atoms with Gasteiger partial charge in [-0.15, -0.1) is 11.3 Å². The Bertz CT molecular complexity index is 1020. The Balaban J connectivity index is 1.58. The van der Waals surface area contributed by atoms with E-state index >= 15 is 0 Å². The highest BCUT2D eigenvalue weighted by Gasteiger charge is 2.24. The predicted octanol–water partition coefficient (Wildman–Crippen LogP) is 3.09. The Labute approximate surface area is 169 Å². The number of likely N-dealkylation sites (tertiary alicyclic amines) is 1. The van der Waals surface area contributed by atoms with E-state index in [0.29, 0.717) is 5.82 Å². The molecule has 0 radical (unpaired) electrons. The largest absolute Gasteiger partial charge is 0.382 e. The van der Waals surface area contributed by atoms with Crippen LogP contribution in [0.25, 0.3) is 10.2 Å². The highest BCUT2D eigenvalue weighted by molar-refractivity contribution is 7.18. The molecule has 0 spiro atoms. The van der Waals surface area contributed by atoms with Gasteiger partial charge in [-0.2, -0.15) is 5.10 Å². The van der Waals surface area contributed by atoms with Crippen LogP contribution in [-0.2, 0) is 19.6 Å². The molecule has 8 heteroatoms. The summed E-state index contributed by atoms with van der Waals surface area (Å²) >= 11 is 1.79. The number of aryl methyl sites for hydroxylation is 3. The number of aromatic nitrogens is 4. The van der Waals surface area contributed by atoms with Gasteiger partial charge in [-0.05, 0) is 51.8 Å². The maximum absolute atomic E-state index is 5.95. The van der Waals surface area contributed by atoms with Crippen LogP contribution < -0.4 is 10.6 Å². The Hall–Kier alpha value is -2.19. The standard InChI is InChI=1S/C20H27N7S/c1-13-14(2)28-20-18(13)19(22-17(23-20)12-25-6-3-4-7-25)26-8-5-9-27-15(11-26)10-16(21)24-27/h10H,3-9,11-12H2,1-2H3,(H2,21,24). The van der Waals surface area contributed by atoms with Crippen LogP contribution in [0.4, 0.5) is 11.6 Å². The summed E-state index contributed by atoms with van der Waals surface area (Å²) in [7, 11) is 0. The molecule has 2 N–H and O–H groups in total. The molecule has 28 heavy (non-hydrogen) atoms. The molecule has 7 nitrogen and oxygen atoms in total. The lowest BCUT2D eigenvalue weighted by atomic mass is 10.2. The second-order valence-corrected chi connectivity index (χ2v) is 9.17. The Morgan fingerprint density at radius 1 is 1.07 bits per heavy atom. The lowest BCUT2D eigenvalue weighted by molar-refractivity contribution is 0.323. The molecular formula is C20H27N7S. The zero-order valence-corrected chi connectivity index (χ0v) is 17.4. The summed E-state index contributed by atoms with van der Waals surface area (Å²) in [5, 5.41) is 5.66. The molecule has 2 aliphatic rings. The van der Waals surface area contributed by atoms with Crippen molar-refractivity contribution < 1.29 is 0 Å². The van der Waals surface area contributed by atoms with E-state index in [1.165, 1.54) is 28.7 Å². The molecule has 148 valence electrons. The predicted molar refractivity (Wildman–Crippen MR) is 114 cm³/mol. The molecule has 0 bridgehead atoms. The first-order valence-electron chi connectivity index (χ1n) is 10.1. The zero-order chi connectivity index (χ0) is 19.3. The average Bonchev–Trinajstić information content (AvgIpc) is 3.32. The van der Waals surface area contributed by atoms with E-state index in [1.54, 1.807) is 11.3 Å². The molecule has 0 atom stereocenters. The van der Waals surface area contributed by atoms with Crippen molar-refractivity contribution >= 4 is 33.2 Å². The first-order chi connectivity index (χ1) is 13.6. The van der Waals surface area contributed by atoms with E-state index in [0.717, 1.165) is 67.9 Å². The number of nitrogens with two attached hydrogens (primary N) is 1. The number of fused-ring (bicyclic) bond motifs is 2. The van der Waals surface area contributed by atoms with Crippen LogP contribution in [-0.4, -0.2) is 44.3 Å². The normalized spacial score (nSPS) is 18.0. The molecule has 5 rings (SSSR count). The number of anilines is 2. The molecule has 3 aromatic rings. The number of hydrogen-bond acceptors (Lipinski definition) is 7. The summed E-state index contributed by atoms with van der Waals surface area (Å²) in [6.07, 6.45) is 3.59. The summed E-state index contributed by atoms with van der Waals surface area (Å²) in [4.78, 5) is 17.4. The van der Waals surface area contributed by atoms with Gasteiger partial charge in [0.05, 0.1) is 24.2 Å². The van der Waals surface area contributed by atoms with E-state index in [4.69, 9.17) is 15.7 Å². The van der Waals surface area contributed by atoms with Crippen molar-refractivity contribution in [2.75, 3.05) is 30.3 Å². The molecule has 0 unspecified atom stereocenters. The second kappa shape index (κ2) is 7.00. The summed E-state index contributed by atoms with van der Waals surface area (Å²) in [5.41, 5.74) is 8.41. The number of nitrogen functional groups attached to an aromatic ring is 1. The van der Waals surface area contributed by atoms with Gasteiger partial charge >= 0.3 is 0 Å². The van der Waals surface area contributed by atoms with E-state index in [2.05, 4.69) is 28.7 Å². The smallest absolute Gasteiger partial charge is 0.146 e. The van der Waals surface area contributed by atoms with E-state index in [-0.39, 0.29) is 0 Å². The van der Waals surface area contributed by atoms with Gasteiger partial charge in [0.25, 0.3) is 0 Å². The lowest BCUT2D eigenvalue weighted by Crippen LogP contribution is -2.26. The summed E-state index contributed by atoms with van der Waals surface area (Å²) in [6, 6.07) is 1.99. The molecule has 0 amide bonds. The third kappa shape index (κ3) is 3.14. The highest BCUT2D eigenvalue weighted by atomic mass is 32.1. The maximum Gasteiger partial charge on any atom is 0.146 e. The summed E-state index contributed by atoms with van der Waals surface area (Å²) < 4.78 is 2.05. The average molecular weight is 398 g/mol. The van der Waals surface area contributed by atoms with E-state index < -0.39 is 0 Å². The third-order valence-corrected chi connectivity index (χ3v) is 7.05. The summed E-state index contributed by atoms with van der Waals surface area (Å²) in [6.45, 7) is 10.2. The van der Waals surface area contributed by atoms with Crippen molar-refractivity contribution in [1.29, 1.82) is 0 Å². The van der Waals surface area contributed by atoms with Gasteiger partial charge in [0.15, 0.2) is 0 Å². The number of nitrogens with zero attached hydrogens (tertiary/aromatic N) is 6.